The molecule has 2 aromatic carbocycles. The lowest BCUT2D eigenvalue weighted by Crippen LogP contribution is -2.42. The van der Waals surface area contributed by atoms with Gasteiger partial charge in [0.1, 0.15) is 0 Å². The summed E-state index contributed by atoms with van der Waals surface area (Å²) in [6, 6.07) is 14.4. The number of amides is 1. The van der Waals surface area contributed by atoms with Crippen LogP contribution in [-0.4, -0.2) is 41.9 Å². The highest BCUT2D eigenvalue weighted by molar-refractivity contribution is 6.42. The lowest BCUT2D eigenvalue weighted by molar-refractivity contribution is -0.126. The van der Waals surface area contributed by atoms with Crippen LogP contribution in [0.1, 0.15) is 49.3 Å². The average Bonchev–Trinajstić information content (AvgIpc) is 2.82. The fourth-order valence-corrected chi connectivity index (χ4v) is 5.28. The number of carbonyl (C=O) groups excluding carboxylic acids is 1. The molecule has 0 aliphatic carbocycles. The van der Waals surface area contributed by atoms with E-state index in [4.69, 9.17) is 23.2 Å². The maximum absolute atomic E-state index is 12.9. The Morgan fingerprint density at radius 2 is 1.64 bits per heavy atom. The van der Waals surface area contributed by atoms with Crippen LogP contribution in [-0.2, 0) is 24.4 Å². The molecule has 0 radical (unpaired) electrons. The number of nitrogens with zero attached hydrogens (tertiary/aromatic N) is 2. The third-order valence-corrected chi connectivity index (χ3v) is 7.75. The van der Waals surface area contributed by atoms with Crippen LogP contribution in [0.3, 0.4) is 0 Å². The number of carbonyl (C=O) groups is 1. The van der Waals surface area contributed by atoms with Crippen LogP contribution in [0.4, 0.5) is 0 Å². The molecule has 2 fully saturated rings. The van der Waals surface area contributed by atoms with Crippen LogP contribution < -0.4 is 5.32 Å². The largest absolute Gasteiger partial charge is 0.352 e. The predicted octanol–water partition coefficient (Wildman–Crippen LogP) is 5.75. The van der Waals surface area contributed by atoms with Crippen molar-refractivity contribution in [1.82, 2.24) is 15.1 Å². The molecule has 178 valence electrons. The number of hydrogen-bond donors (Lipinski definition) is 1. The molecule has 33 heavy (non-hydrogen) atoms. The molecule has 2 aliphatic rings. The fourth-order valence-electron chi connectivity index (χ4n) is 4.96. The van der Waals surface area contributed by atoms with Crippen molar-refractivity contribution in [3.05, 3.63) is 69.2 Å². The SMILES string of the molecule is CC1CCN(Cc2cccc(CNC(=O)C3CCCN(Cc4ccc(Cl)c(Cl)c4)C3)c2)CC1. The van der Waals surface area contributed by atoms with E-state index in [1.807, 2.05) is 18.2 Å². The Kier molecular flexibility index (Phi) is 8.70. The maximum atomic E-state index is 12.9. The van der Waals surface area contributed by atoms with E-state index in [-0.39, 0.29) is 11.8 Å². The molecule has 1 atom stereocenters. The van der Waals surface area contributed by atoms with Crippen LogP contribution in [0, 0.1) is 11.8 Å². The molecule has 2 aromatic rings. The van der Waals surface area contributed by atoms with Crippen LogP contribution >= 0.6 is 23.2 Å². The van der Waals surface area contributed by atoms with E-state index in [0.29, 0.717) is 16.6 Å². The number of piperidine rings is 2. The highest BCUT2D eigenvalue weighted by Crippen LogP contribution is 2.25. The standard InChI is InChI=1S/C27H35Cl2N3O/c1-20-9-12-31(13-10-20)17-22-5-2-4-21(14-22)16-30-27(33)24-6-3-11-32(19-24)18-23-7-8-25(28)26(29)15-23/h2,4-5,7-8,14-15,20,24H,3,6,9-13,16-19H2,1H3,(H,30,33). The molecule has 6 heteroatoms. The molecular formula is C27H35Cl2N3O. The molecule has 1 unspecified atom stereocenters. The minimum Gasteiger partial charge on any atom is -0.352 e. The van der Waals surface area contributed by atoms with Gasteiger partial charge in [-0.2, -0.15) is 0 Å². The van der Waals surface area contributed by atoms with E-state index in [0.717, 1.165) is 50.5 Å². The van der Waals surface area contributed by atoms with Crippen molar-refractivity contribution in [2.24, 2.45) is 11.8 Å². The maximum Gasteiger partial charge on any atom is 0.224 e. The van der Waals surface area contributed by atoms with Gasteiger partial charge < -0.3 is 5.32 Å². The molecule has 2 heterocycles. The number of halogens is 2. The van der Waals surface area contributed by atoms with Crippen molar-refractivity contribution < 1.29 is 4.79 Å². The molecule has 0 aromatic heterocycles. The van der Waals surface area contributed by atoms with Gasteiger partial charge in [-0.25, -0.2) is 0 Å². The third-order valence-electron chi connectivity index (χ3n) is 7.01. The van der Waals surface area contributed by atoms with E-state index in [1.165, 1.54) is 37.1 Å². The van der Waals surface area contributed by atoms with Gasteiger partial charge in [0, 0.05) is 26.2 Å². The summed E-state index contributed by atoms with van der Waals surface area (Å²) in [5.74, 6) is 1.03. The second-order valence-corrected chi connectivity index (χ2v) is 10.6. The topological polar surface area (TPSA) is 35.6 Å². The summed E-state index contributed by atoms with van der Waals surface area (Å²) in [5, 5.41) is 4.34. The van der Waals surface area contributed by atoms with Gasteiger partial charge in [-0.3, -0.25) is 14.6 Å². The van der Waals surface area contributed by atoms with Gasteiger partial charge in [0.25, 0.3) is 0 Å². The zero-order valence-electron chi connectivity index (χ0n) is 19.5. The minimum absolute atomic E-state index is 0.0278. The summed E-state index contributed by atoms with van der Waals surface area (Å²) in [6.45, 7) is 8.87. The zero-order valence-corrected chi connectivity index (χ0v) is 21.0. The summed E-state index contributed by atoms with van der Waals surface area (Å²) in [6.07, 6.45) is 4.55. The molecule has 0 saturated carbocycles. The smallest absolute Gasteiger partial charge is 0.224 e. The third kappa shape index (κ3) is 7.19. The summed E-state index contributed by atoms with van der Waals surface area (Å²) in [7, 11) is 0. The van der Waals surface area contributed by atoms with Gasteiger partial charge in [-0.1, -0.05) is 60.5 Å². The van der Waals surface area contributed by atoms with Crippen LogP contribution in [0.15, 0.2) is 42.5 Å². The minimum atomic E-state index is 0.0278. The summed E-state index contributed by atoms with van der Waals surface area (Å²) < 4.78 is 0. The quantitative estimate of drug-likeness (QED) is 0.539. The monoisotopic (exact) mass is 487 g/mol. The number of rotatable bonds is 7. The second-order valence-electron chi connectivity index (χ2n) is 9.82. The van der Waals surface area contributed by atoms with E-state index in [1.54, 1.807) is 0 Å². The van der Waals surface area contributed by atoms with Gasteiger partial charge >= 0.3 is 0 Å². The first-order valence-corrected chi connectivity index (χ1v) is 13.0. The van der Waals surface area contributed by atoms with Crippen molar-refractivity contribution in [3.63, 3.8) is 0 Å². The summed E-state index contributed by atoms with van der Waals surface area (Å²) >= 11 is 12.2. The van der Waals surface area contributed by atoms with Gasteiger partial charge in [-0.15, -0.1) is 0 Å². The fraction of sp³-hybridized carbons (Fsp3) is 0.519. The van der Waals surface area contributed by atoms with Gasteiger partial charge in [-0.05, 0) is 80.1 Å². The second kappa shape index (κ2) is 11.7. The van der Waals surface area contributed by atoms with E-state index >= 15 is 0 Å². The molecule has 4 rings (SSSR count). The summed E-state index contributed by atoms with van der Waals surface area (Å²) in [4.78, 5) is 17.8. The molecule has 1 amide bonds. The Balaban J connectivity index is 1.26. The highest BCUT2D eigenvalue weighted by Gasteiger charge is 2.25. The molecule has 0 spiro atoms. The lowest BCUT2D eigenvalue weighted by atomic mass is 9.96. The number of nitrogens with one attached hydrogen (secondary N) is 1. The molecule has 1 N–H and O–H groups in total. The average molecular weight is 489 g/mol. The first-order chi connectivity index (χ1) is 16.0. The Bertz CT molecular complexity index is 943. The van der Waals surface area contributed by atoms with Crippen molar-refractivity contribution in [1.29, 1.82) is 0 Å². The number of hydrogen-bond acceptors (Lipinski definition) is 3. The Morgan fingerprint density at radius 1 is 0.909 bits per heavy atom. The van der Waals surface area contributed by atoms with Crippen molar-refractivity contribution in [2.75, 3.05) is 26.2 Å². The van der Waals surface area contributed by atoms with E-state index in [9.17, 15) is 4.79 Å². The Hall–Kier alpha value is -1.59. The van der Waals surface area contributed by atoms with Crippen molar-refractivity contribution >= 4 is 29.1 Å². The van der Waals surface area contributed by atoms with Gasteiger partial charge in [0.05, 0.1) is 16.0 Å². The van der Waals surface area contributed by atoms with E-state index in [2.05, 4.69) is 46.3 Å². The van der Waals surface area contributed by atoms with Crippen molar-refractivity contribution in [3.8, 4) is 0 Å². The number of likely N-dealkylation sites (tertiary alicyclic amines) is 2. The number of benzene rings is 2. The Morgan fingerprint density at radius 3 is 2.42 bits per heavy atom. The van der Waals surface area contributed by atoms with Crippen molar-refractivity contribution in [2.45, 2.75) is 52.2 Å². The van der Waals surface area contributed by atoms with Crippen LogP contribution in [0.2, 0.25) is 10.0 Å². The Labute approximate surface area is 208 Å². The zero-order chi connectivity index (χ0) is 23.2. The summed E-state index contributed by atoms with van der Waals surface area (Å²) in [5.41, 5.74) is 3.64. The van der Waals surface area contributed by atoms with Gasteiger partial charge in [0.15, 0.2) is 0 Å². The molecule has 2 saturated heterocycles. The van der Waals surface area contributed by atoms with Gasteiger partial charge in [0.2, 0.25) is 5.91 Å². The van der Waals surface area contributed by atoms with Crippen LogP contribution in [0.5, 0.6) is 0 Å². The predicted molar refractivity (Wildman–Crippen MR) is 136 cm³/mol. The first-order valence-electron chi connectivity index (χ1n) is 12.2. The lowest BCUT2D eigenvalue weighted by Gasteiger charge is -2.32. The molecule has 2 aliphatic heterocycles. The van der Waals surface area contributed by atoms with Crippen LogP contribution in [0.25, 0.3) is 0 Å². The molecule has 4 nitrogen and oxygen atoms in total. The molecular weight excluding hydrogens is 453 g/mol. The normalized spacial score (nSPS) is 20.6. The first kappa shape index (κ1) is 24.5. The highest BCUT2D eigenvalue weighted by atomic mass is 35.5. The molecule has 0 bridgehead atoms. The van der Waals surface area contributed by atoms with E-state index < -0.39 is 0 Å².